The second-order valence-electron chi connectivity index (χ2n) is 7.05. The maximum absolute atomic E-state index is 13.8. The van der Waals surface area contributed by atoms with Crippen molar-refractivity contribution in [3.05, 3.63) is 29.6 Å². The fraction of sp³-hybridized carbons (Fsp3) is 0.611. The highest BCUT2D eigenvalue weighted by Crippen LogP contribution is 2.25. The summed E-state index contributed by atoms with van der Waals surface area (Å²) in [5, 5.41) is 3.21. The minimum Gasteiger partial charge on any atom is -0.385 e. The number of amides is 1. The fourth-order valence-corrected chi connectivity index (χ4v) is 4.07. The Balaban J connectivity index is 1.88. The molecule has 1 aromatic rings. The van der Waals surface area contributed by atoms with Crippen LogP contribution in [0.2, 0.25) is 0 Å². The topological polar surface area (TPSA) is 78.5 Å². The smallest absolute Gasteiger partial charge is 0.253 e. The van der Waals surface area contributed by atoms with E-state index >= 15 is 0 Å². The molecule has 1 fully saturated rings. The zero-order valence-electron chi connectivity index (χ0n) is 15.6. The lowest BCUT2D eigenvalue weighted by atomic mass is 9.86. The summed E-state index contributed by atoms with van der Waals surface area (Å²) in [6.07, 6.45) is 3.42. The lowest BCUT2D eigenvalue weighted by molar-refractivity contribution is 0.0827. The van der Waals surface area contributed by atoms with E-state index in [0.717, 1.165) is 25.7 Å². The number of benzene rings is 1. The monoisotopic (exact) mass is 385 g/mol. The van der Waals surface area contributed by atoms with Gasteiger partial charge in [-0.25, -0.2) is 17.5 Å². The average Bonchev–Trinajstić information content (AvgIpc) is 2.59. The van der Waals surface area contributed by atoms with Gasteiger partial charge in [-0.05, 0) is 56.7 Å². The van der Waals surface area contributed by atoms with Crippen molar-refractivity contribution < 1.29 is 17.6 Å². The molecule has 0 aliphatic heterocycles. The van der Waals surface area contributed by atoms with Gasteiger partial charge in [0.1, 0.15) is 5.82 Å². The summed E-state index contributed by atoms with van der Waals surface area (Å²) < 4.78 is 39.8. The van der Waals surface area contributed by atoms with Crippen molar-refractivity contribution in [2.45, 2.75) is 38.6 Å². The van der Waals surface area contributed by atoms with E-state index in [4.69, 9.17) is 0 Å². The van der Waals surface area contributed by atoms with Crippen LogP contribution in [0.1, 0.15) is 43.0 Å². The van der Waals surface area contributed by atoms with Crippen LogP contribution in [-0.4, -0.2) is 51.7 Å². The first-order chi connectivity index (χ1) is 12.2. The quantitative estimate of drug-likeness (QED) is 0.756. The molecule has 1 aliphatic rings. The molecule has 2 N–H and O–H groups in total. The number of rotatable bonds is 7. The molecule has 0 spiro atoms. The third-order valence-electron chi connectivity index (χ3n) is 4.72. The Kier molecular flexibility index (Phi) is 7.00. The van der Waals surface area contributed by atoms with Gasteiger partial charge >= 0.3 is 0 Å². The van der Waals surface area contributed by atoms with E-state index in [-0.39, 0.29) is 17.7 Å². The van der Waals surface area contributed by atoms with E-state index in [1.54, 1.807) is 27.1 Å². The number of hydrogen-bond acceptors (Lipinski definition) is 4. The van der Waals surface area contributed by atoms with Gasteiger partial charge in [0.15, 0.2) is 0 Å². The van der Waals surface area contributed by atoms with Crippen molar-refractivity contribution in [1.82, 2.24) is 9.62 Å². The summed E-state index contributed by atoms with van der Waals surface area (Å²) in [5.41, 5.74) is 0.902. The van der Waals surface area contributed by atoms with E-state index in [2.05, 4.69) is 10.0 Å². The Morgan fingerprint density at radius 3 is 2.42 bits per heavy atom. The molecule has 0 bridgehead atoms. The molecule has 0 atom stereocenters. The first-order valence-electron chi connectivity index (χ1n) is 8.96. The van der Waals surface area contributed by atoms with E-state index in [9.17, 15) is 17.6 Å². The van der Waals surface area contributed by atoms with Crippen LogP contribution in [0.3, 0.4) is 0 Å². The highest BCUT2D eigenvalue weighted by Gasteiger charge is 2.24. The summed E-state index contributed by atoms with van der Waals surface area (Å²) in [4.78, 5) is 13.4. The van der Waals surface area contributed by atoms with Gasteiger partial charge in [0.05, 0.1) is 5.75 Å². The number of halogens is 1. The van der Waals surface area contributed by atoms with Crippen LogP contribution in [0.25, 0.3) is 0 Å². The zero-order valence-corrected chi connectivity index (χ0v) is 16.4. The molecule has 1 amide bonds. The first-order valence-corrected chi connectivity index (χ1v) is 10.6. The number of anilines is 1. The molecule has 6 nitrogen and oxygen atoms in total. The molecule has 0 saturated heterocycles. The molecule has 8 heteroatoms. The number of carbonyl (C=O) groups excluding carboxylic acids is 1. The molecule has 146 valence electrons. The minimum absolute atomic E-state index is 0.00897. The van der Waals surface area contributed by atoms with Crippen molar-refractivity contribution in [1.29, 1.82) is 0 Å². The maximum Gasteiger partial charge on any atom is 0.253 e. The molecular weight excluding hydrogens is 357 g/mol. The van der Waals surface area contributed by atoms with Gasteiger partial charge in [-0.3, -0.25) is 4.79 Å². The van der Waals surface area contributed by atoms with Gasteiger partial charge in [-0.1, -0.05) is 0 Å². The number of nitrogens with zero attached hydrogens (tertiary/aromatic N) is 1. The van der Waals surface area contributed by atoms with Crippen LogP contribution in [0.15, 0.2) is 18.2 Å². The van der Waals surface area contributed by atoms with Gasteiger partial charge in [0.25, 0.3) is 5.91 Å². The van der Waals surface area contributed by atoms with Crippen LogP contribution in [0.4, 0.5) is 10.1 Å². The van der Waals surface area contributed by atoms with Gasteiger partial charge < -0.3 is 10.2 Å². The molecule has 0 aromatic heterocycles. The highest BCUT2D eigenvalue weighted by molar-refractivity contribution is 7.89. The number of hydrogen-bond donors (Lipinski definition) is 2. The summed E-state index contributed by atoms with van der Waals surface area (Å²) in [6, 6.07) is 4.29. The third-order valence-corrected chi connectivity index (χ3v) is 6.17. The predicted octanol–water partition coefficient (Wildman–Crippen LogP) is 2.44. The van der Waals surface area contributed by atoms with E-state index in [1.165, 1.54) is 17.0 Å². The van der Waals surface area contributed by atoms with E-state index < -0.39 is 15.8 Å². The lowest BCUT2D eigenvalue weighted by Gasteiger charge is -2.29. The Morgan fingerprint density at radius 1 is 1.19 bits per heavy atom. The van der Waals surface area contributed by atoms with Crippen molar-refractivity contribution in [3.8, 4) is 0 Å². The molecule has 1 aromatic carbocycles. The van der Waals surface area contributed by atoms with E-state index in [1.807, 2.05) is 0 Å². The second-order valence-corrected chi connectivity index (χ2v) is 9.09. The Hall–Kier alpha value is -1.67. The molecule has 1 saturated carbocycles. The van der Waals surface area contributed by atoms with Crippen LogP contribution >= 0.6 is 0 Å². The third kappa shape index (κ3) is 5.95. The summed E-state index contributed by atoms with van der Waals surface area (Å²) >= 11 is 0. The largest absolute Gasteiger partial charge is 0.385 e. The first kappa shape index (κ1) is 20.6. The van der Waals surface area contributed by atoms with Crippen LogP contribution in [0.5, 0.6) is 0 Å². The van der Waals surface area contributed by atoms with Gasteiger partial charge in [-0.15, -0.1) is 0 Å². The van der Waals surface area contributed by atoms with Crippen LogP contribution in [-0.2, 0) is 10.0 Å². The summed E-state index contributed by atoms with van der Waals surface area (Å²) in [7, 11) is 0.101. The van der Waals surface area contributed by atoms with Gasteiger partial charge in [0.2, 0.25) is 10.0 Å². The number of nitrogens with one attached hydrogen (secondary N) is 2. The van der Waals surface area contributed by atoms with Crippen LogP contribution in [0, 0.1) is 11.7 Å². The molecular formula is C18H28FN3O3S. The zero-order chi connectivity index (χ0) is 19.3. The van der Waals surface area contributed by atoms with Gasteiger partial charge in [-0.2, -0.15) is 0 Å². The summed E-state index contributed by atoms with van der Waals surface area (Å²) in [6.45, 7) is 2.30. The maximum atomic E-state index is 13.8. The van der Waals surface area contributed by atoms with E-state index in [0.29, 0.717) is 23.7 Å². The molecule has 2 rings (SSSR count). The molecule has 26 heavy (non-hydrogen) atoms. The summed E-state index contributed by atoms with van der Waals surface area (Å²) in [5.74, 6) is -0.190. The van der Waals surface area contributed by atoms with Crippen molar-refractivity contribution in [2.75, 3.05) is 31.7 Å². The van der Waals surface area contributed by atoms with Crippen molar-refractivity contribution in [3.63, 3.8) is 0 Å². The minimum atomic E-state index is -3.16. The van der Waals surface area contributed by atoms with Crippen molar-refractivity contribution in [2.24, 2.45) is 5.92 Å². The van der Waals surface area contributed by atoms with Crippen LogP contribution < -0.4 is 10.0 Å². The second kappa shape index (κ2) is 8.81. The van der Waals surface area contributed by atoms with Crippen molar-refractivity contribution >= 4 is 21.6 Å². The fourth-order valence-electron chi connectivity index (χ4n) is 3.16. The SMILES string of the molecule is CCS(=O)(=O)NC1CCC(CNc2cc(F)cc(C(=O)N(C)C)c2)CC1. The molecule has 0 radical (unpaired) electrons. The molecule has 1 aliphatic carbocycles. The molecule has 0 heterocycles. The predicted molar refractivity (Wildman–Crippen MR) is 101 cm³/mol. The standard InChI is InChI=1S/C18H28FN3O3S/c1-4-26(24,25)21-16-7-5-13(6-8-16)12-20-17-10-14(9-15(19)11-17)18(23)22(2)3/h9-11,13,16,20-21H,4-8,12H2,1-3H3. The highest BCUT2D eigenvalue weighted by atomic mass is 32.2. The number of carbonyl (C=O) groups is 1. The number of sulfonamides is 1. The molecule has 0 unspecified atom stereocenters. The van der Waals surface area contributed by atoms with Gasteiger partial charge in [0, 0.05) is 37.9 Å². The average molecular weight is 386 g/mol. The normalized spacial score (nSPS) is 20.6. The lowest BCUT2D eigenvalue weighted by Crippen LogP contribution is -2.39. The Morgan fingerprint density at radius 2 is 1.85 bits per heavy atom. The Labute approximate surface area is 155 Å². The Bertz CT molecular complexity index is 729.